The van der Waals surface area contributed by atoms with Gasteiger partial charge < -0.3 is 15.6 Å². The van der Waals surface area contributed by atoms with Gasteiger partial charge in [-0.25, -0.2) is 0 Å². The van der Waals surface area contributed by atoms with Gasteiger partial charge in [0.05, 0.1) is 5.56 Å². The van der Waals surface area contributed by atoms with Crippen molar-refractivity contribution in [2.24, 2.45) is 0 Å². The number of amides is 1. The van der Waals surface area contributed by atoms with Crippen LogP contribution in [0.25, 0.3) is 0 Å². The fourth-order valence-corrected chi connectivity index (χ4v) is 2.59. The van der Waals surface area contributed by atoms with Crippen molar-refractivity contribution in [3.05, 3.63) is 23.5 Å². The van der Waals surface area contributed by atoms with Crippen molar-refractivity contribution in [3.8, 4) is 6.07 Å². The van der Waals surface area contributed by atoms with E-state index in [1.54, 1.807) is 12.3 Å². The molecule has 1 heterocycles. The lowest BCUT2D eigenvalue weighted by Crippen LogP contribution is -2.34. The normalized spacial score (nSPS) is 15.8. The molecule has 1 fully saturated rings. The van der Waals surface area contributed by atoms with Crippen LogP contribution in [0.4, 0.5) is 0 Å². The molecule has 0 spiro atoms. The lowest BCUT2D eigenvalue weighted by atomic mass is 9.95. The Hall–Kier alpha value is -1.80. The van der Waals surface area contributed by atoms with E-state index in [0.717, 1.165) is 13.0 Å². The Balaban J connectivity index is 1.58. The van der Waals surface area contributed by atoms with Gasteiger partial charge >= 0.3 is 0 Å². The van der Waals surface area contributed by atoms with Crippen molar-refractivity contribution < 1.29 is 4.79 Å². The zero-order chi connectivity index (χ0) is 14.2. The molecule has 1 aliphatic carbocycles. The number of aromatic amines is 1. The summed E-state index contributed by atoms with van der Waals surface area (Å²) in [6, 6.07) is 4.23. The largest absolute Gasteiger partial charge is 0.356 e. The van der Waals surface area contributed by atoms with Gasteiger partial charge in [-0.15, -0.1) is 0 Å². The van der Waals surface area contributed by atoms with E-state index in [2.05, 4.69) is 15.6 Å². The minimum Gasteiger partial charge on any atom is -0.356 e. The van der Waals surface area contributed by atoms with Crippen LogP contribution in [-0.2, 0) is 0 Å². The molecule has 3 N–H and O–H groups in total. The molecule has 1 amide bonds. The zero-order valence-corrected chi connectivity index (χ0v) is 11.7. The first-order valence-electron chi connectivity index (χ1n) is 7.39. The number of hydrogen-bond donors (Lipinski definition) is 3. The van der Waals surface area contributed by atoms with E-state index in [1.807, 2.05) is 6.07 Å². The zero-order valence-electron chi connectivity index (χ0n) is 11.7. The SMILES string of the molecule is N#Cc1c[nH]c(C(=O)NCCCNC2CCCCC2)c1. The van der Waals surface area contributed by atoms with Crippen LogP contribution in [0.3, 0.4) is 0 Å². The second kappa shape index (κ2) is 7.71. The Morgan fingerprint density at radius 1 is 1.35 bits per heavy atom. The molecule has 1 saturated carbocycles. The van der Waals surface area contributed by atoms with Crippen LogP contribution in [0.1, 0.15) is 54.6 Å². The molecular formula is C15H22N4O. The Morgan fingerprint density at radius 2 is 2.15 bits per heavy atom. The average Bonchev–Trinajstić information content (AvgIpc) is 2.97. The summed E-state index contributed by atoms with van der Waals surface area (Å²) in [7, 11) is 0. The molecule has 0 atom stereocenters. The van der Waals surface area contributed by atoms with Gasteiger partial charge in [-0.1, -0.05) is 19.3 Å². The fourth-order valence-electron chi connectivity index (χ4n) is 2.59. The highest BCUT2D eigenvalue weighted by molar-refractivity contribution is 5.92. The Bertz CT molecular complexity index is 468. The van der Waals surface area contributed by atoms with Crippen LogP contribution in [0.2, 0.25) is 0 Å². The van der Waals surface area contributed by atoms with Crippen LogP contribution < -0.4 is 10.6 Å². The van der Waals surface area contributed by atoms with E-state index >= 15 is 0 Å². The molecule has 1 aromatic rings. The maximum Gasteiger partial charge on any atom is 0.267 e. The number of nitrogens with zero attached hydrogens (tertiary/aromatic N) is 1. The second-order valence-corrected chi connectivity index (χ2v) is 5.31. The summed E-state index contributed by atoms with van der Waals surface area (Å²) >= 11 is 0. The predicted molar refractivity (Wildman–Crippen MR) is 77.3 cm³/mol. The van der Waals surface area contributed by atoms with Crippen LogP contribution in [-0.4, -0.2) is 30.0 Å². The van der Waals surface area contributed by atoms with Crippen molar-refractivity contribution in [2.45, 2.75) is 44.6 Å². The summed E-state index contributed by atoms with van der Waals surface area (Å²) in [4.78, 5) is 14.6. The van der Waals surface area contributed by atoms with Crippen molar-refractivity contribution in [3.63, 3.8) is 0 Å². The lowest BCUT2D eigenvalue weighted by Gasteiger charge is -2.22. The van der Waals surface area contributed by atoms with Gasteiger partial charge in [-0.2, -0.15) is 5.26 Å². The van der Waals surface area contributed by atoms with Crippen LogP contribution >= 0.6 is 0 Å². The minimum atomic E-state index is -0.149. The third-order valence-electron chi connectivity index (χ3n) is 3.73. The topological polar surface area (TPSA) is 80.7 Å². The summed E-state index contributed by atoms with van der Waals surface area (Å²) in [6.45, 7) is 1.60. The average molecular weight is 274 g/mol. The van der Waals surface area contributed by atoms with Gasteiger partial charge in [0, 0.05) is 18.8 Å². The number of rotatable bonds is 6. The molecule has 5 heteroatoms. The number of H-pyrrole nitrogens is 1. The molecule has 1 aliphatic rings. The Morgan fingerprint density at radius 3 is 2.85 bits per heavy atom. The van der Waals surface area contributed by atoms with Crippen molar-refractivity contribution in [1.82, 2.24) is 15.6 Å². The molecule has 0 aliphatic heterocycles. The molecule has 5 nitrogen and oxygen atoms in total. The molecule has 0 bridgehead atoms. The first kappa shape index (κ1) is 14.6. The minimum absolute atomic E-state index is 0.149. The number of carbonyl (C=O) groups excluding carboxylic acids is 1. The van der Waals surface area contributed by atoms with E-state index in [4.69, 9.17) is 5.26 Å². The molecule has 108 valence electrons. The molecule has 0 radical (unpaired) electrons. The van der Waals surface area contributed by atoms with Gasteiger partial charge in [-0.05, 0) is 31.9 Å². The third kappa shape index (κ3) is 4.39. The first-order chi connectivity index (χ1) is 9.79. The smallest absolute Gasteiger partial charge is 0.267 e. The number of carbonyl (C=O) groups is 1. The molecule has 20 heavy (non-hydrogen) atoms. The quantitative estimate of drug-likeness (QED) is 0.693. The molecule has 0 unspecified atom stereocenters. The predicted octanol–water partition coefficient (Wildman–Crippen LogP) is 1.93. The van der Waals surface area contributed by atoms with Crippen LogP contribution in [0, 0.1) is 11.3 Å². The van der Waals surface area contributed by atoms with Gasteiger partial charge in [0.2, 0.25) is 0 Å². The highest BCUT2D eigenvalue weighted by atomic mass is 16.1. The molecule has 0 saturated heterocycles. The number of nitrogens with one attached hydrogen (secondary N) is 3. The summed E-state index contributed by atoms with van der Waals surface area (Å²) in [6.07, 6.45) is 9.07. The Labute approximate surface area is 119 Å². The standard InChI is InChI=1S/C15H22N4O/c16-10-12-9-14(19-11-12)15(20)18-8-4-7-17-13-5-2-1-3-6-13/h9,11,13,17,19H,1-8H2,(H,18,20). The summed E-state index contributed by atoms with van der Waals surface area (Å²) < 4.78 is 0. The van der Waals surface area contributed by atoms with E-state index in [1.165, 1.54) is 32.1 Å². The van der Waals surface area contributed by atoms with Gasteiger partial charge in [-0.3, -0.25) is 4.79 Å². The second-order valence-electron chi connectivity index (χ2n) is 5.31. The third-order valence-corrected chi connectivity index (χ3v) is 3.73. The van der Waals surface area contributed by atoms with E-state index < -0.39 is 0 Å². The molecular weight excluding hydrogens is 252 g/mol. The first-order valence-corrected chi connectivity index (χ1v) is 7.39. The Kier molecular flexibility index (Phi) is 5.63. The fraction of sp³-hybridized carbons (Fsp3) is 0.600. The van der Waals surface area contributed by atoms with E-state index in [-0.39, 0.29) is 5.91 Å². The number of hydrogen-bond acceptors (Lipinski definition) is 3. The van der Waals surface area contributed by atoms with E-state index in [9.17, 15) is 4.79 Å². The summed E-state index contributed by atoms with van der Waals surface area (Å²) in [5, 5.41) is 15.1. The highest BCUT2D eigenvalue weighted by Gasteiger charge is 2.12. The highest BCUT2D eigenvalue weighted by Crippen LogP contribution is 2.17. The molecule has 0 aromatic carbocycles. The van der Waals surface area contributed by atoms with Crippen LogP contribution in [0.5, 0.6) is 0 Å². The molecule has 2 rings (SSSR count). The maximum absolute atomic E-state index is 11.8. The number of nitriles is 1. The maximum atomic E-state index is 11.8. The van der Waals surface area contributed by atoms with E-state index in [0.29, 0.717) is 23.8 Å². The van der Waals surface area contributed by atoms with Crippen molar-refractivity contribution in [2.75, 3.05) is 13.1 Å². The summed E-state index contributed by atoms with van der Waals surface area (Å²) in [5.74, 6) is -0.149. The molecule has 1 aromatic heterocycles. The van der Waals surface area contributed by atoms with Gasteiger partial charge in [0.15, 0.2) is 0 Å². The van der Waals surface area contributed by atoms with Gasteiger partial charge in [0.25, 0.3) is 5.91 Å². The number of aromatic nitrogens is 1. The summed E-state index contributed by atoms with van der Waals surface area (Å²) in [5.41, 5.74) is 0.927. The van der Waals surface area contributed by atoms with Crippen molar-refractivity contribution in [1.29, 1.82) is 5.26 Å². The van der Waals surface area contributed by atoms with Crippen molar-refractivity contribution >= 4 is 5.91 Å². The van der Waals surface area contributed by atoms with Gasteiger partial charge in [0.1, 0.15) is 11.8 Å². The monoisotopic (exact) mass is 274 g/mol. The van der Waals surface area contributed by atoms with Crippen LogP contribution in [0.15, 0.2) is 12.3 Å². The lowest BCUT2D eigenvalue weighted by molar-refractivity contribution is 0.0949.